The van der Waals surface area contributed by atoms with Gasteiger partial charge >= 0.3 is 18.4 Å². The minimum atomic E-state index is -4.97. The zero-order valence-electron chi connectivity index (χ0n) is 21.1. The smallest absolute Gasteiger partial charge is 0.416 e. The van der Waals surface area contributed by atoms with Crippen LogP contribution >= 0.6 is 15.9 Å². The van der Waals surface area contributed by atoms with Gasteiger partial charge in [-0.3, -0.25) is 4.90 Å². The summed E-state index contributed by atoms with van der Waals surface area (Å²) in [4.78, 5) is 21.9. The number of nitrogens with one attached hydrogen (secondary N) is 1. The zero-order valence-corrected chi connectivity index (χ0v) is 22.7. The number of fused-ring (bicyclic) bond motifs is 1. The molecular weight excluding hydrogens is 610 g/mol. The molecular formula is C26H23BrF6N4O3. The molecule has 214 valence electrons. The predicted octanol–water partition coefficient (Wildman–Crippen LogP) is 7.70. The van der Waals surface area contributed by atoms with Crippen molar-refractivity contribution in [2.24, 2.45) is 0 Å². The number of carboxylic acid groups (broad SMARTS) is 1. The molecule has 0 fully saturated rings. The Bertz CT molecular complexity index is 1380. The van der Waals surface area contributed by atoms with Gasteiger partial charge in [0.25, 0.3) is 0 Å². The number of rotatable bonds is 6. The lowest BCUT2D eigenvalue weighted by Gasteiger charge is -2.39. The van der Waals surface area contributed by atoms with E-state index in [9.17, 15) is 36.2 Å². The summed E-state index contributed by atoms with van der Waals surface area (Å²) in [6.45, 7) is 1.85. The fraction of sp³-hybridized carbons (Fsp3) is 0.346. The van der Waals surface area contributed by atoms with Crippen molar-refractivity contribution in [3.8, 4) is 5.75 Å². The third kappa shape index (κ3) is 6.26. The first-order chi connectivity index (χ1) is 18.7. The highest BCUT2D eigenvalue weighted by Crippen LogP contribution is 2.42. The van der Waals surface area contributed by atoms with Crippen LogP contribution in [0.15, 0.2) is 47.1 Å². The quantitative estimate of drug-likeness (QED) is 0.271. The molecule has 2 aromatic carbocycles. The molecule has 0 saturated heterocycles. The van der Waals surface area contributed by atoms with E-state index in [1.165, 1.54) is 18.2 Å². The average molecular weight is 633 g/mol. The van der Waals surface area contributed by atoms with Crippen molar-refractivity contribution in [3.63, 3.8) is 0 Å². The molecule has 0 spiro atoms. The lowest BCUT2D eigenvalue weighted by Crippen LogP contribution is -2.45. The number of methoxy groups -OCH3 is 1. The summed E-state index contributed by atoms with van der Waals surface area (Å²) in [5.41, 5.74) is -1.85. The van der Waals surface area contributed by atoms with E-state index >= 15 is 0 Å². The van der Waals surface area contributed by atoms with Gasteiger partial charge in [0.05, 0.1) is 40.1 Å². The Balaban J connectivity index is 1.69. The van der Waals surface area contributed by atoms with E-state index in [1.807, 2.05) is 6.92 Å². The van der Waals surface area contributed by atoms with Crippen LogP contribution in [-0.2, 0) is 18.8 Å². The van der Waals surface area contributed by atoms with E-state index in [2.05, 4.69) is 31.2 Å². The van der Waals surface area contributed by atoms with Gasteiger partial charge in [0.15, 0.2) is 0 Å². The number of nitrogens with zero attached hydrogens (tertiary/aromatic N) is 3. The minimum absolute atomic E-state index is 0.0682. The molecule has 1 aliphatic rings. The van der Waals surface area contributed by atoms with Crippen molar-refractivity contribution in [1.82, 2.24) is 9.97 Å². The number of benzene rings is 2. The zero-order chi connectivity index (χ0) is 29.4. The number of anilines is 2. The second-order valence-electron chi connectivity index (χ2n) is 9.15. The van der Waals surface area contributed by atoms with Gasteiger partial charge in [-0.05, 0) is 70.7 Å². The van der Waals surface area contributed by atoms with Gasteiger partial charge in [-0.1, -0.05) is 6.92 Å². The van der Waals surface area contributed by atoms with Crippen molar-refractivity contribution in [2.45, 2.75) is 50.6 Å². The SMILES string of the molecule is CC[C@@H]1C[C@H](Nc2ncc(Br)c(Cc3cc(C(F)(F)F)cc(C(F)(F)F)c3)n2)c2cc(OC)ccc2N1C(=O)O. The summed E-state index contributed by atoms with van der Waals surface area (Å²) in [5.74, 6) is 0.562. The Morgan fingerprint density at radius 1 is 1.12 bits per heavy atom. The normalized spacial score (nSPS) is 17.4. The number of alkyl halides is 6. The predicted molar refractivity (Wildman–Crippen MR) is 138 cm³/mol. The Labute approximate surface area is 233 Å². The van der Waals surface area contributed by atoms with Gasteiger partial charge in [-0.25, -0.2) is 14.8 Å². The average Bonchev–Trinajstić information content (AvgIpc) is 2.88. The monoisotopic (exact) mass is 632 g/mol. The first-order valence-electron chi connectivity index (χ1n) is 12.0. The first kappa shape index (κ1) is 29.4. The number of aromatic nitrogens is 2. The molecule has 1 aromatic heterocycles. The van der Waals surface area contributed by atoms with Crippen molar-refractivity contribution >= 4 is 33.7 Å². The van der Waals surface area contributed by atoms with Gasteiger partial charge < -0.3 is 15.2 Å². The molecule has 2 N–H and O–H groups in total. The molecule has 7 nitrogen and oxygen atoms in total. The molecule has 1 aliphatic heterocycles. The number of hydrogen-bond acceptors (Lipinski definition) is 5. The molecule has 0 aliphatic carbocycles. The third-order valence-electron chi connectivity index (χ3n) is 6.56. The van der Waals surface area contributed by atoms with Crippen molar-refractivity contribution in [2.75, 3.05) is 17.3 Å². The van der Waals surface area contributed by atoms with Crippen LogP contribution in [-0.4, -0.2) is 34.3 Å². The number of carbonyl (C=O) groups is 1. The van der Waals surface area contributed by atoms with Gasteiger partial charge in [0.1, 0.15) is 5.75 Å². The largest absolute Gasteiger partial charge is 0.497 e. The highest BCUT2D eigenvalue weighted by molar-refractivity contribution is 9.10. The summed E-state index contributed by atoms with van der Waals surface area (Å²) in [6.07, 6.45) is -9.19. The minimum Gasteiger partial charge on any atom is -0.497 e. The maximum Gasteiger partial charge on any atom is 0.416 e. The Kier molecular flexibility index (Phi) is 8.20. The molecule has 2 atom stereocenters. The van der Waals surface area contributed by atoms with Gasteiger partial charge in [0, 0.05) is 24.2 Å². The van der Waals surface area contributed by atoms with Crippen molar-refractivity contribution < 1.29 is 41.0 Å². The highest BCUT2D eigenvalue weighted by atomic mass is 79.9. The number of halogens is 7. The topological polar surface area (TPSA) is 87.6 Å². The molecule has 0 unspecified atom stereocenters. The summed E-state index contributed by atoms with van der Waals surface area (Å²) in [5, 5.41) is 13.0. The number of amides is 1. The van der Waals surface area contributed by atoms with Gasteiger partial charge in [-0.15, -0.1) is 0 Å². The molecule has 0 saturated carbocycles. The second kappa shape index (κ2) is 11.1. The summed E-state index contributed by atoms with van der Waals surface area (Å²) in [6, 6.07) is 5.52. The van der Waals surface area contributed by atoms with E-state index in [-0.39, 0.29) is 35.7 Å². The maximum atomic E-state index is 13.3. The maximum absolute atomic E-state index is 13.3. The van der Waals surface area contributed by atoms with Crippen LogP contribution in [0, 0.1) is 0 Å². The van der Waals surface area contributed by atoms with E-state index in [0.717, 1.165) is 0 Å². The van der Waals surface area contributed by atoms with E-state index in [1.54, 1.807) is 18.2 Å². The highest BCUT2D eigenvalue weighted by Gasteiger charge is 2.38. The summed E-state index contributed by atoms with van der Waals surface area (Å²) in [7, 11) is 1.47. The molecule has 14 heteroatoms. The van der Waals surface area contributed by atoms with Crippen LogP contribution in [0.3, 0.4) is 0 Å². The van der Waals surface area contributed by atoms with Crippen LogP contribution in [0.5, 0.6) is 5.75 Å². The standard InChI is InChI=1S/C26H23BrF6N4O3/c1-3-16-10-20(18-11-17(40-2)4-5-22(18)37(16)24(38)39)35-23-34-12-19(27)21(36-23)8-13-6-14(25(28,29)30)9-15(7-13)26(31,32)33/h4-7,9,11-12,16,20H,3,8,10H2,1-2H3,(H,38,39)(H,34,35,36)/t16-,20+/m1/s1. The van der Waals surface area contributed by atoms with E-state index in [0.29, 0.717) is 46.4 Å². The van der Waals surface area contributed by atoms with Crippen LogP contribution in [0.1, 0.15) is 53.8 Å². The molecule has 40 heavy (non-hydrogen) atoms. The van der Waals surface area contributed by atoms with Crippen LogP contribution in [0.25, 0.3) is 0 Å². The summed E-state index contributed by atoms with van der Waals surface area (Å²) < 4.78 is 85.6. The number of ether oxygens (including phenoxy) is 1. The van der Waals surface area contributed by atoms with E-state index in [4.69, 9.17) is 4.74 Å². The molecule has 2 heterocycles. The Hall–Kier alpha value is -3.55. The Morgan fingerprint density at radius 3 is 2.33 bits per heavy atom. The Morgan fingerprint density at radius 2 is 1.77 bits per heavy atom. The van der Waals surface area contributed by atoms with E-state index < -0.39 is 35.6 Å². The lowest BCUT2D eigenvalue weighted by molar-refractivity contribution is -0.143. The fourth-order valence-electron chi connectivity index (χ4n) is 4.67. The molecule has 4 rings (SSSR count). The first-order valence-corrected chi connectivity index (χ1v) is 12.8. The third-order valence-corrected chi connectivity index (χ3v) is 7.22. The fourth-order valence-corrected chi connectivity index (χ4v) is 5.00. The lowest BCUT2D eigenvalue weighted by atomic mass is 9.90. The van der Waals surface area contributed by atoms with Crippen LogP contribution in [0.4, 0.5) is 42.8 Å². The molecule has 1 amide bonds. The van der Waals surface area contributed by atoms with Gasteiger partial charge in [-0.2, -0.15) is 26.3 Å². The molecule has 0 radical (unpaired) electrons. The van der Waals surface area contributed by atoms with Crippen molar-refractivity contribution in [1.29, 1.82) is 0 Å². The summed E-state index contributed by atoms with van der Waals surface area (Å²) >= 11 is 3.23. The molecule has 3 aromatic rings. The van der Waals surface area contributed by atoms with Crippen LogP contribution in [0.2, 0.25) is 0 Å². The molecule has 0 bridgehead atoms. The van der Waals surface area contributed by atoms with Crippen LogP contribution < -0.4 is 15.0 Å². The van der Waals surface area contributed by atoms with Gasteiger partial charge in [0.2, 0.25) is 5.95 Å². The second-order valence-corrected chi connectivity index (χ2v) is 10.0. The van der Waals surface area contributed by atoms with Crippen molar-refractivity contribution in [3.05, 3.63) is 75.0 Å². The number of hydrogen-bond donors (Lipinski definition) is 2.